The summed E-state index contributed by atoms with van der Waals surface area (Å²) < 4.78 is 7.46. The summed E-state index contributed by atoms with van der Waals surface area (Å²) in [6.07, 6.45) is 4.74. The van der Waals surface area contributed by atoms with Gasteiger partial charge in [-0.1, -0.05) is 28.9 Å². The van der Waals surface area contributed by atoms with Crippen LogP contribution in [0.1, 0.15) is 18.6 Å². The summed E-state index contributed by atoms with van der Waals surface area (Å²) in [4.78, 5) is 8.50. The highest BCUT2D eigenvalue weighted by molar-refractivity contribution is 6.30. The summed E-state index contributed by atoms with van der Waals surface area (Å²) in [5.74, 6) is 2.80. The lowest BCUT2D eigenvalue weighted by Gasteiger charge is -2.06. The van der Waals surface area contributed by atoms with E-state index in [2.05, 4.69) is 36.8 Å². The predicted octanol–water partition coefficient (Wildman–Crippen LogP) is 3.85. The Kier molecular flexibility index (Phi) is 4.93. The van der Waals surface area contributed by atoms with Gasteiger partial charge in [0.15, 0.2) is 5.82 Å². The third-order valence-corrected chi connectivity index (χ3v) is 4.43. The topological polar surface area (TPSA) is 82.5 Å². The maximum atomic E-state index is 6.02. The van der Waals surface area contributed by atoms with Crippen molar-refractivity contribution in [3.8, 4) is 22.8 Å². The van der Waals surface area contributed by atoms with Crippen molar-refractivity contribution >= 4 is 11.6 Å². The number of halogens is 1. The van der Waals surface area contributed by atoms with E-state index in [4.69, 9.17) is 16.1 Å². The third-order valence-electron chi connectivity index (χ3n) is 4.20. The number of benzene rings is 1. The van der Waals surface area contributed by atoms with Crippen molar-refractivity contribution in [3.63, 3.8) is 0 Å². The van der Waals surface area contributed by atoms with Gasteiger partial charge in [0.2, 0.25) is 11.7 Å². The second-order valence-electron chi connectivity index (χ2n) is 5.94. The Morgan fingerprint density at radius 2 is 1.89 bits per heavy atom. The first-order chi connectivity index (χ1) is 13.2. The molecule has 0 atom stereocenters. The summed E-state index contributed by atoms with van der Waals surface area (Å²) >= 11 is 6.02. The Labute approximate surface area is 161 Å². The maximum absolute atomic E-state index is 6.02. The molecule has 0 fully saturated rings. The molecule has 0 aliphatic carbocycles. The van der Waals surface area contributed by atoms with Crippen LogP contribution in [0.3, 0.4) is 0 Å². The zero-order valence-electron chi connectivity index (χ0n) is 14.7. The molecule has 0 unspecified atom stereocenters. The van der Waals surface area contributed by atoms with Crippen LogP contribution >= 0.6 is 11.6 Å². The van der Waals surface area contributed by atoms with Crippen LogP contribution in [0, 0.1) is 0 Å². The zero-order valence-corrected chi connectivity index (χ0v) is 15.5. The van der Waals surface area contributed by atoms with Crippen molar-refractivity contribution in [1.29, 1.82) is 0 Å². The molecule has 4 rings (SSSR count). The van der Waals surface area contributed by atoms with Crippen LogP contribution in [-0.2, 0) is 19.4 Å². The van der Waals surface area contributed by atoms with Crippen molar-refractivity contribution in [2.75, 3.05) is 0 Å². The zero-order chi connectivity index (χ0) is 18.6. The Balaban J connectivity index is 1.51. The lowest BCUT2D eigenvalue weighted by Crippen LogP contribution is -2.05. The van der Waals surface area contributed by atoms with E-state index in [-0.39, 0.29) is 0 Å². The largest absolute Gasteiger partial charge is 0.339 e. The number of pyridine rings is 1. The minimum atomic E-state index is 0.530. The molecule has 27 heavy (non-hydrogen) atoms. The fourth-order valence-corrected chi connectivity index (χ4v) is 3.08. The number of rotatable bonds is 6. The van der Waals surface area contributed by atoms with Gasteiger partial charge in [0.1, 0.15) is 5.82 Å². The molecule has 8 heteroatoms. The molecule has 3 heterocycles. The van der Waals surface area contributed by atoms with E-state index in [0.717, 1.165) is 29.3 Å². The average molecular weight is 381 g/mol. The Morgan fingerprint density at radius 3 is 2.67 bits per heavy atom. The van der Waals surface area contributed by atoms with E-state index in [1.165, 1.54) is 0 Å². The number of aromatic nitrogens is 6. The molecule has 3 aromatic heterocycles. The first-order valence-corrected chi connectivity index (χ1v) is 9.03. The van der Waals surface area contributed by atoms with Gasteiger partial charge in [0.25, 0.3) is 0 Å². The molecule has 1 aromatic carbocycles. The Morgan fingerprint density at radius 1 is 1.04 bits per heavy atom. The molecule has 4 aromatic rings. The van der Waals surface area contributed by atoms with Gasteiger partial charge in [0, 0.05) is 47.9 Å². The number of hydrogen-bond acceptors (Lipinski definition) is 6. The summed E-state index contributed by atoms with van der Waals surface area (Å²) in [7, 11) is 0. The van der Waals surface area contributed by atoms with E-state index in [0.29, 0.717) is 29.6 Å². The van der Waals surface area contributed by atoms with Crippen LogP contribution in [0.25, 0.3) is 22.8 Å². The lowest BCUT2D eigenvalue weighted by molar-refractivity contribution is 0.377. The van der Waals surface area contributed by atoms with Crippen molar-refractivity contribution < 1.29 is 4.52 Å². The molecule has 0 spiro atoms. The van der Waals surface area contributed by atoms with Crippen LogP contribution in [0.4, 0.5) is 0 Å². The van der Waals surface area contributed by atoms with Crippen molar-refractivity contribution in [2.24, 2.45) is 0 Å². The number of aryl methyl sites for hydroxylation is 2. The second kappa shape index (κ2) is 7.67. The monoisotopic (exact) mass is 380 g/mol. The van der Waals surface area contributed by atoms with Crippen molar-refractivity contribution in [3.05, 3.63) is 65.5 Å². The normalized spacial score (nSPS) is 11.0. The number of hydrogen-bond donors (Lipinski definition) is 0. The predicted molar refractivity (Wildman–Crippen MR) is 101 cm³/mol. The molecule has 0 radical (unpaired) electrons. The molecular formula is C19H17ClN6O. The van der Waals surface area contributed by atoms with Gasteiger partial charge in [-0.25, -0.2) is 0 Å². The van der Waals surface area contributed by atoms with Crippen LogP contribution in [0.2, 0.25) is 5.02 Å². The second-order valence-corrected chi connectivity index (χ2v) is 6.38. The van der Waals surface area contributed by atoms with Gasteiger partial charge < -0.3 is 9.09 Å². The van der Waals surface area contributed by atoms with Crippen LogP contribution in [-0.4, -0.2) is 29.9 Å². The minimum absolute atomic E-state index is 0.530. The highest BCUT2D eigenvalue weighted by Gasteiger charge is 2.15. The summed E-state index contributed by atoms with van der Waals surface area (Å²) in [6.45, 7) is 2.85. The Hall–Kier alpha value is -3.06. The molecule has 0 N–H and O–H groups in total. The summed E-state index contributed by atoms with van der Waals surface area (Å²) in [5.41, 5.74) is 1.82. The molecule has 7 nitrogen and oxygen atoms in total. The summed E-state index contributed by atoms with van der Waals surface area (Å²) in [5, 5.41) is 13.4. The molecule has 136 valence electrons. The molecule has 0 saturated heterocycles. The highest BCUT2D eigenvalue weighted by Crippen LogP contribution is 2.21. The molecule has 0 aliphatic heterocycles. The van der Waals surface area contributed by atoms with Crippen molar-refractivity contribution in [1.82, 2.24) is 29.9 Å². The molecule has 0 saturated carbocycles. The van der Waals surface area contributed by atoms with E-state index in [9.17, 15) is 0 Å². The van der Waals surface area contributed by atoms with E-state index in [1.54, 1.807) is 12.4 Å². The smallest absolute Gasteiger partial charge is 0.227 e. The van der Waals surface area contributed by atoms with Crippen LogP contribution in [0.15, 0.2) is 53.3 Å². The quantitative estimate of drug-likeness (QED) is 0.505. The SMILES string of the molecule is CCn1c(CCc2nc(-c3cccc(Cl)c3)no2)nnc1-c1ccncc1. The van der Waals surface area contributed by atoms with Gasteiger partial charge in [-0.05, 0) is 31.2 Å². The van der Waals surface area contributed by atoms with Gasteiger partial charge in [-0.2, -0.15) is 4.98 Å². The Bertz CT molecular complexity index is 1040. The van der Waals surface area contributed by atoms with Gasteiger partial charge in [0.05, 0.1) is 0 Å². The minimum Gasteiger partial charge on any atom is -0.339 e. The molecule has 0 bridgehead atoms. The van der Waals surface area contributed by atoms with E-state index in [1.807, 2.05) is 36.4 Å². The van der Waals surface area contributed by atoms with E-state index >= 15 is 0 Å². The first-order valence-electron chi connectivity index (χ1n) is 8.65. The standard InChI is InChI=1S/C19H17ClN6O/c1-2-26-16(23-24-19(26)13-8-10-21-11-9-13)6-7-17-22-18(25-27-17)14-4-3-5-15(20)12-14/h3-5,8-12H,2,6-7H2,1H3. The molecule has 0 aliphatic rings. The average Bonchev–Trinajstić information content (AvgIpc) is 3.34. The maximum Gasteiger partial charge on any atom is 0.227 e. The first kappa shape index (κ1) is 17.4. The van der Waals surface area contributed by atoms with Gasteiger partial charge in [-0.3, -0.25) is 4.98 Å². The van der Waals surface area contributed by atoms with Gasteiger partial charge >= 0.3 is 0 Å². The van der Waals surface area contributed by atoms with Crippen LogP contribution < -0.4 is 0 Å². The molecular weight excluding hydrogens is 364 g/mol. The van der Waals surface area contributed by atoms with Crippen LogP contribution in [0.5, 0.6) is 0 Å². The summed E-state index contributed by atoms with van der Waals surface area (Å²) in [6, 6.07) is 11.2. The van der Waals surface area contributed by atoms with Gasteiger partial charge in [-0.15, -0.1) is 10.2 Å². The highest BCUT2D eigenvalue weighted by atomic mass is 35.5. The fraction of sp³-hybridized carbons (Fsp3) is 0.211. The lowest BCUT2D eigenvalue weighted by atomic mass is 10.2. The third kappa shape index (κ3) is 3.73. The molecule has 0 amide bonds. The fourth-order valence-electron chi connectivity index (χ4n) is 2.89. The number of nitrogens with zero attached hydrogens (tertiary/aromatic N) is 6. The van der Waals surface area contributed by atoms with E-state index < -0.39 is 0 Å². The van der Waals surface area contributed by atoms with Crippen molar-refractivity contribution in [2.45, 2.75) is 26.3 Å².